The van der Waals surface area contributed by atoms with Gasteiger partial charge in [-0.15, -0.1) is 11.3 Å². The van der Waals surface area contributed by atoms with E-state index >= 15 is 0 Å². The van der Waals surface area contributed by atoms with E-state index in [0.717, 1.165) is 15.0 Å². The summed E-state index contributed by atoms with van der Waals surface area (Å²) in [5, 5.41) is 4.76. The molecule has 0 bridgehead atoms. The van der Waals surface area contributed by atoms with Gasteiger partial charge in [-0.1, -0.05) is 40.2 Å². The number of benzene rings is 2. The third kappa shape index (κ3) is 3.34. The Morgan fingerprint density at radius 2 is 1.86 bits per heavy atom. The van der Waals surface area contributed by atoms with E-state index < -0.39 is 0 Å². The predicted molar refractivity (Wildman–Crippen MR) is 93.7 cm³/mol. The number of halogens is 1. The van der Waals surface area contributed by atoms with Crippen LogP contribution in [-0.4, -0.2) is 4.98 Å². The van der Waals surface area contributed by atoms with E-state index in [1.54, 1.807) is 11.3 Å². The van der Waals surface area contributed by atoms with Gasteiger partial charge in [0.1, 0.15) is 5.01 Å². The Morgan fingerprint density at radius 3 is 2.62 bits per heavy atom. The molecule has 0 amide bonds. The highest BCUT2D eigenvalue weighted by molar-refractivity contribution is 9.10. The summed E-state index contributed by atoms with van der Waals surface area (Å²) in [6.45, 7) is 4.36. The third-order valence-electron chi connectivity index (χ3n) is 3.53. The van der Waals surface area contributed by atoms with Crippen molar-refractivity contribution in [3.8, 4) is 0 Å². The molecule has 2 aromatic carbocycles. The van der Waals surface area contributed by atoms with Crippen molar-refractivity contribution >= 4 is 37.5 Å². The fraction of sp³-hybridized carbons (Fsp3) is 0.235. The van der Waals surface area contributed by atoms with Crippen molar-refractivity contribution in [2.45, 2.75) is 25.9 Å². The second-order valence-corrected chi connectivity index (χ2v) is 7.16. The summed E-state index contributed by atoms with van der Waals surface area (Å²) in [6.07, 6.45) is 0. The topological polar surface area (TPSA) is 24.9 Å². The van der Waals surface area contributed by atoms with E-state index in [1.165, 1.54) is 10.3 Å². The Bertz CT molecular complexity index is 720. The molecule has 3 rings (SSSR count). The van der Waals surface area contributed by atoms with E-state index in [4.69, 9.17) is 4.98 Å². The maximum absolute atomic E-state index is 4.72. The van der Waals surface area contributed by atoms with Gasteiger partial charge >= 0.3 is 0 Å². The smallest absolute Gasteiger partial charge is 0.111 e. The Labute approximate surface area is 137 Å². The van der Waals surface area contributed by atoms with Crippen LogP contribution in [0.25, 0.3) is 10.2 Å². The van der Waals surface area contributed by atoms with Crippen LogP contribution in [0.15, 0.2) is 53.0 Å². The fourth-order valence-electron chi connectivity index (χ4n) is 2.39. The molecule has 0 aliphatic carbocycles. The average molecular weight is 361 g/mol. The highest BCUT2D eigenvalue weighted by Crippen LogP contribution is 2.28. The minimum atomic E-state index is 0.233. The summed E-state index contributed by atoms with van der Waals surface area (Å²) < 4.78 is 2.36. The number of thiazole rings is 1. The van der Waals surface area contributed by atoms with Crippen LogP contribution in [0, 0.1) is 0 Å². The Balaban J connectivity index is 1.77. The molecule has 0 fully saturated rings. The second-order valence-electron chi connectivity index (χ2n) is 5.18. The molecule has 2 atom stereocenters. The van der Waals surface area contributed by atoms with Crippen molar-refractivity contribution in [3.63, 3.8) is 0 Å². The van der Waals surface area contributed by atoms with E-state index in [1.807, 2.05) is 12.1 Å². The van der Waals surface area contributed by atoms with Crippen molar-refractivity contribution in [3.05, 3.63) is 63.6 Å². The van der Waals surface area contributed by atoms with Gasteiger partial charge in [-0.3, -0.25) is 0 Å². The monoisotopic (exact) mass is 360 g/mol. The number of hydrogen-bond acceptors (Lipinski definition) is 3. The number of rotatable bonds is 4. The van der Waals surface area contributed by atoms with Crippen molar-refractivity contribution in [2.75, 3.05) is 0 Å². The number of fused-ring (bicyclic) bond motifs is 1. The van der Waals surface area contributed by atoms with Gasteiger partial charge in [-0.25, -0.2) is 4.98 Å². The van der Waals surface area contributed by atoms with Crippen molar-refractivity contribution < 1.29 is 0 Å². The summed E-state index contributed by atoms with van der Waals surface area (Å²) >= 11 is 5.29. The molecule has 4 heteroatoms. The molecule has 1 heterocycles. The summed E-state index contributed by atoms with van der Waals surface area (Å²) in [4.78, 5) is 4.72. The van der Waals surface area contributed by atoms with Crippen molar-refractivity contribution in [2.24, 2.45) is 0 Å². The minimum Gasteiger partial charge on any atom is -0.302 e. The van der Waals surface area contributed by atoms with E-state index in [2.05, 4.69) is 71.5 Å². The highest BCUT2D eigenvalue weighted by Gasteiger charge is 2.15. The molecular formula is C17H17BrN2S. The normalized spacial score (nSPS) is 14.2. The van der Waals surface area contributed by atoms with Gasteiger partial charge in [0.15, 0.2) is 0 Å². The van der Waals surface area contributed by atoms with E-state index in [-0.39, 0.29) is 12.1 Å². The molecular weight excluding hydrogens is 344 g/mol. The molecule has 2 nitrogen and oxygen atoms in total. The van der Waals surface area contributed by atoms with Crippen LogP contribution >= 0.6 is 27.3 Å². The third-order valence-corrected chi connectivity index (χ3v) is 5.24. The minimum absolute atomic E-state index is 0.233. The first-order chi connectivity index (χ1) is 10.1. The number of nitrogens with zero attached hydrogens (tertiary/aromatic N) is 1. The van der Waals surface area contributed by atoms with Crippen LogP contribution in [0.2, 0.25) is 0 Å². The first-order valence-electron chi connectivity index (χ1n) is 7.00. The lowest BCUT2D eigenvalue weighted by Crippen LogP contribution is -2.22. The number of nitrogens with one attached hydrogen (secondary N) is 1. The largest absolute Gasteiger partial charge is 0.302 e. The maximum atomic E-state index is 4.72. The molecule has 0 saturated heterocycles. The van der Waals surface area contributed by atoms with E-state index in [9.17, 15) is 0 Å². The van der Waals surface area contributed by atoms with Gasteiger partial charge in [0.2, 0.25) is 0 Å². The zero-order chi connectivity index (χ0) is 14.8. The quantitative estimate of drug-likeness (QED) is 0.666. The van der Waals surface area contributed by atoms with Crippen LogP contribution in [0.5, 0.6) is 0 Å². The first kappa shape index (κ1) is 14.7. The van der Waals surface area contributed by atoms with Crippen LogP contribution < -0.4 is 5.32 Å². The number of hydrogen-bond donors (Lipinski definition) is 1. The molecule has 1 aromatic heterocycles. The summed E-state index contributed by atoms with van der Waals surface area (Å²) in [5.41, 5.74) is 2.36. The van der Waals surface area contributed by atoms with Gasteiger partial charge in [-0.2, -0.15) is 0 Å². The van der Waals surface area contributed by atoms with Gasteiger partial charge in [0.25, 0.3) is 0 Å². The van der Waals surface area contributed by atoms with Crippen LogP contribution in [0.3, 0.4) is 0 Å². The Morgan fingerprint density at radius 1 is 1.05 bits per heavy atom. The van der Waals surface area contributed by atoms with Crippen LogP contribution in [0.4, 0.5) is 0 Å². The van der Waals surface area contributed by atoms with Gasteiger partial charge in [0, 0.05) is 10.5 Å². The lowest BCUT2D eigenvalue weighted by Gasteiger charge is -2.19. The van der Waals surface area contributed by atoms with Crippen molar-refractivity contribution in [1.29, 1.82) is 0 Å². The highest BCUT2D eigenvalue weighted by atomic mass is 79.9. The van der Waals surface area contributed by atoms with Gasteiger partial charge in [-0.05, 0) is 43.7 Å². The molecule has 0 aliphatic heterocycles. The molecule has 2 unspecified atom stereocenters. The maximum Gasteiger partial charge on any atom is 0.111 e. The molecule has 0 spiro atoms. The van der Waals surface area contributed by atoms with Gasteiger partial charge in [0.05, 0.1) is 16.3 Å². The van der Waals surface area contributed by atoms with Crippen LogP contribution in [-0.2, 0) is 0 Å². The Kier molecular flexibility index (Phi) is 4.38. The summed E-state index contributed by atoms with van der Waals surface area (Å²) in [6, 6.07) is 17.2. The zero-order valence-corrected chi connectivity index (χ0v) is 14.4. The second kappa shape index (κ2) is 6.26. The van der Waals surface area contributed by atoms with Gasteiger partial charge < -0.3 is 5.32 Å². The zero-order valence-electron chi connectivity index (χ0n) is 12.0. The molecule has 21 heavy (non-hydrogen) atoms. The lowest BCUT2D eigenvalue weighted by molar-refractivity contribution is 0.493. The molecule has 0 radical (unpaired) electrons. The van der Waals surface area contributed by atoms with Crippen LogP contribution in [0.1, 0.15) is 36.5 Å². The average Bonchev–Trinajstić information content (AvgIpc) is 2.91. The molecule has 3 aromatic rings. The fourth-order valence-corrected chi connectivity index (χ4v) is 3.79. The number of para-hydroxylation sites is 1. The molecule has 1 N–H and O–H groups in total. The standard InChI is InChI=1S/C17H17BrN2S/c1-11(13-6-5-7-14(18)10-13)19-12(2)17-20-15-8-3-4-9-16(15)21-17/h3-12,19H,1-2H3. The molecule has 0 saturated carbocycles. The lowest BCUT2D eigenvalue weighted by atomic mass is 10.1. The summed E-state index contributed by atoms with van der Waals surface area (Å²) in [7, 11) is 0. The predicted octanol–water partition coefficient (Wildman–Crippen LogP) is 5.47. The Hall–Kier alpha value is -1.23. The van der Waals surface area contributed by atoms with Crippen molar-refractivity contribution in [1.82, 2.24) is 10.3 Å². The first-order valence-corrected chi connectivity index (χ1v) is 8.61. The summed E-state index contributed by atoms with van der Waals surface area (Å²) in [5.74, 6) is 0. The molecule has 108 valence electrons. The van der Waals surface area contributed by atoms with E-state index in [0.29, 0.717) is 0 Å². The SMILES string of the molecule is CC(NC(C)c1nc2ccccc2s1)c1cccc(Br)c1. The molecule has 0 aliphatic rings. The number of aromatic nitrogens is 1.